The Morgan fingerprint density at radius 1 is 1.27 bits per heavy atom. The molecule has 0 saturated carbocycles. The molecule has 1 fully saturated rings. The highest BCUT2D eigenvalue weighted by Crippen LogP contribution is 2.38. The average Bonchev–Trinajstić information content (AvgIpc) is 2.08. The van der Waals surface area contributed by atoms with E-state index in [0.717, 1.165) is 0 Å². The molecule has 11 heavy (non-hydrogen) atoms. The summed E-state index contributed by atoms with van der Waals surface area (Å²) in [6.07, 6.45) is -1.98. The lowest BCUT2D eigenvalue weighted by Gasteiger charge is -2.17. The van der Waals surface area contributed by atoms with Gasteiger partial charge in [0.15, 0.2) is 0 Å². The summed E-state index contributed by atoms with van der Waals surface area (Å²) in [5.74, 6) is 0. The van der Waals surface area contributed by atoms with Crippen LogP contribution in [0.1, 0.15) is 0 Å². The zero-order valence-corrected chi connectivity index (χ0v) is 7.92. The second-order valence-electron chi connectivity index (χ2n) is 1.80. The maximum absolute atomic E-state index is 10.4. The molecule has 64 valence electrons. The maximum Gasteiger partial charge on any atom is 0.510 e. The quantitative estimate of drug-likeness (QED) is 0.481. The van der Waals surface area contributed by atoms with Crippen LogP contribution in [-0.2, 0) is 9.47 Å². The normalized spacial score (nSPS) is 31.5. The number of cyclic esters (lactones) is 2. The smallest absolute Gasteiger partial charge is 0.421 e. The van der Waals surface area contributed by atoms with E-state index in [1.54, 1.807) is 0 Å². The molecular formula is C4H2Cl4O3. The fraction of sp³-hybridized carbons (Fsp3) is 0.750. The number of halogens is 4. The van der Waals surface area contributed by atoms with Crippen LogP contribution >= 0.6 is 46.4 Å². The zero-order valence-electron chi connectivity index (χ0n) is 4.89. The number of rotatable bonds is 0. The fourth-order valence-electron chi connectivity index (χ4n) is 0.554. The minimum absolute atomic E-state index is 0.929. The van der Waals surface area contributed by atoms with E-state index >= 15 is 0 Å². The van der Waals surface area contributed by atoms with Gasteiger partial charge in [0.05, 0.1) is 0 Å². The highest BCUT2D eigenvalue weighted by atomic mass is 35.6. The Hall–Kier alpha value is 0.430. The minimum Gasteiger partial charge on any atom is -0.421 e. The van der Waals surface area contributed by atoms with E-state index in [4.69, 9.17) is 46.4 Å². The predicted octanol–water partition coefficient (Wildman–Crippen LogP) is 2.46. The molecule has 1 saturated heterocycles. The molecular weight excluding hydrogens is 238 g/mol. The second kappa shape index (κ2) is 3.05. The Morgan fingerprint density at radius 3 is 2.00 bits per heavy atom. The molecule has 0 spiro atoms. The molecule has 0 N–H and O–H groups in total. The number of hydrogen-bond acceptors (Lipinski definition) is 3. The number of carbonyl (C=O) groups is 1. The first-order valence-corrected chi connectivity index (χ1v) is 4.06. The third kappa shape index (κ3) is 2.18. The summed E-state index contributed by atoms with van der Waals surface area (Å²) in [5, 5.41) is 0. The Kier molecular flexibility index (Phi) is 2.64. The van der Waals surface area contributed by atoms with Gasteiger partial charge in [0.2, 0.25) is 15.5 Å². The molecule has 0 amide bonds. The topological polar surface area (TPSA) is 35.5 Å². The van der Waals surface area contributed by atoms with Crippen LogP contribution in [0.5, 0.6) is 0 Å². The van der Waals surface area contributed by atoms with E-state index < -0.39 is 21.6 Å². The van der Waals surface area contributed by atoms with Crippen molar-refractivity contribution in [2.24, 2.45) is 0 Å². The van der Waals surface area contributed by atoms with E-state index in [0.29, 0.717) is 0 Å². The lowest BCUT2D eigenvalue weighted by atomic mass is 10.4. The first-order valence-electron chi connectivity index (χ1n) is 2.49. The van der Waals surface area contributed by atoms with Crippen molar-refractivity contribution in [2.45, 2.75) is 15.5 Å². The van der Waals surface area contributed by atoms with Gasteiger partial charge >= 0.3 is 6.16 Å². The lowest BCUT2D eigenvalue weighted by Crippen LogP contribution is -2.31. The SMILES string of the molecule is O=C1OC(Cl)C(C(Cl)(Cl)Cl)O1. The number of carbonyl (C=O) groups excluding carboxylic acids is 1. The van der Waals surface area contributed by atoms with Gasteiger partial charge in [-0.25, -0.2) is 4.79 Å². The fourth-order valence-corrected chi connectivity index (χ4v) is 1.54. The van der Waals surface area contributed by atoms with Crippen molar-refractivity contribution in [3.8, 4) is 0 Å². The Balaban J connectivity index is 2.67. The largest absolute Gasteiger partial charge is 0.510 e. The van der Waals surface area contributed by atoms with Crippen molar-refractivity contribution < 1.29 is 14.3 Å². The van der Waals surface area contributed by atoms with Crippen LogP contribution in [0.15, 0.2) is 0 Å². The van der Waals surface area contributed by atoms with Crippen LogP contribution in [0.2, 0.25) is 0 Å². The van der Waals surface area contributed by atoms with E-state index in [1.165, 1.54) is 0 Å². The van der Waals surface area contributed by atoms with Crippen molar-refractivity contribution in [3.05, 3.63) is 0 Å². The molecule has 1 heterocycles. The van der Waals surface area contributed by atoms with Gasteiger partial charge in [-0.2, -0.15) is 0 Å². The monoisotopic (exact) mass is 238 g/mol. The summed E-state index contributed by atoms with van der Waals surface area (Å²) in [5.41, 5.74) is -1.05. The Bertz CT molecular complexity index is 177. The first-order chi connectivity index (χ1) is 4.91. The molecule has 0 aromatic rings. The standard InChI is InChI=1S/C4H2Cl4O3/c5-2-1(4(6,7)8)10-3(9)11-2/h1-2H. The zero-order chi connectivity index (χ0) is 8.65. The van der Waals surface area contributed by atoms with Gasteiger partial charge < -0.3 is 9.47 Å². The summed E-state index contributed by atoms with van der Waals surface area (Å²) in [6, 6.07) is 0. The summed E-state index contributed by atoms with van der Waals surface area (Å²) in [7, 11) is 0. The minimum atomic E-state index is -1.75. The molecule has 0 radical (unpaired) electrons. The van der Waals surface area contributed by atoms with Crippen molar-refractivity contribution in [1.29, 1.82) is 0 Å². The highest BCUT2D eigenvalue weighted by molar-refractivity contribution is 6.68. The van der Waals surface area contributed by atoms with Gasteiger partial charge in [-0.3, -0.25) is 0 Å². The van der Waals surface area contributed by atoms with E-state index in [-0.39, 0.29) is 0 Å². The highest BCUT2D eigenvalue weighted by Gasteiger charge is 2.48. The molecule has 2 unspecified atom stereocenters. The predicted molar refractivity (Wildman–Crippen MR) is 41.3 cm³/mol. The van der Waals surface area contributed by atoms with Gasteiger partial charge in [-0.15, -0.1) is 0 Å². The summed E-state index contributed by atoms with van der Waals surface area (Å²) in [6.45, 7) is 0. The Labute approximate surface area is 82.4 Å². The molecule has 1 rings (SSSR count). The van der Waals surface area contributed by atoms with Crippen LogP contribution in [-0.4, -0.2) is 21.6 Å². The van der Waals surface area contributed by atoms with E-state index in [1.807, 2.05) is 0 Å². The number of hydrogen-bond donors (Lipinski definition) is 0. The molecule has 1 aliphatic heterocycles. The van der Waals surface area contributed by atoms with Crippen molar-refractivity contribution >= 4 is 52.6 Å². The molecule has 1 aliphatic rings. The molecule has 2 atom stereocenters. The number of alkyl halides is 4. The summed E-state index contributed by atoms with van der Waals surface area (Å²) in [4.78, 5) is 10.4. The van der Waals surface area contributed by atoms with Crippen LogP contribution in [0, 0.1) is 0 Å². The van der Waals surface area contributed by atoms with Crippen LogP contribution < -0.4 is 0 Å². The van der Waals surface area contributed by atoms with Crippen molar-refractivity contribution in [1.82, 2.24) is 0 Å². The van der Waals surface area contributed by atoms with Crippen molar-refractivity contribution in [2.75, 3.05) is 0 Å². The van der Waals surface area contributed by atoms with Crippen LogP contribution in [0.25, 0.3) is 0 Å². The van der Waals surface area contributed by atoms with Crippen molar-refractivity contribution in [3.63, 3.8) is 0 Å². The molecule has 7 heteroatoms. The van der Waals surface area contributed by atoms with E-state index in [2.05, 4.69) is 9.47 Å². The Morgan fingerprint density at radius 2 is 1.82 bits per heavy atom. The summed E-state index contributed by atoms with van der Waals surface area (Å²) < 4.78 is 7.05. The third-order valence-corrected chi connectivity index (χ3v) is 1.96. The van der Waals surface area contributed by atoms with Gasteiger partial charge in [0.1, 0.15) is 0 Å². The third-order valence-electron chi connectivity index (χ3n) is 0.993. The maximum atomic E-state index is 10.4. The molecule has 0 bridgehead atoms. The van der Waals surface area contributed by atoms with E-state index in [9.17, 15) is 4.79 Å². The first kappa shape index (κ1) is 9.52. The molecule has 3 nitrogen and oxygen atoms in total. The summed E-state index contributed by atoms with van der Waals surface area (Å²) >= 11 is 21.6. The molecule has 0 aromatic heterocycles. The van der Waals surface area contributed by atoms with Gasteiger partial charge in [-0.05, 0) is 0 Å². The van der Waals surface area contributed by atoms with Crippen LogP contribution in [0.4, 0.5) is 4.79 Å². The molecule has 0 aromatic carbocycles. The lowest BCUT2D eigenvalue weighted by molar-refractivity contribution is 0.118. The second-order valence-corrected chi connectivity index (χ2v) is 4.60. The number of ether oxygens (including phenoxy) is 2. The van der Waals surface area contributed by atoms with Gasteiger partial charge in [0.25, 0.3) is 0 Å². The molecule has 0 aliphatic carbocycles. The average molecular weight is 240 g/mol. The van der Waals surface area contributed by atoms with Crippen LogP contribution in [0.3, 0.4) is 0 Å². The van der Waals surface area contributed by atoms with Gasteiger partial charge in [-0.1, -0.05) is 46.4 Å². The van der Waals surface area contributed by atoms with Gasteiger partial charge in [0, 0.05) is 0 Å².